The maximum Gasteiger partial charge on any atom is 0.261 e. The Morgan fingerprint density at radius 3 is 2.34 bits per heavy atom. The molecule has 1 aliphatic heterocycles. The van der Waals surface area contributed by atoms with Crippen molar-refractivity contribution in [2.75, 3.05) is 38.2 Å². The van der Waals surface area contributed by atoms with Crippen LogP contribution in [0.15, 0.2) is 47.3 Å². The summed E-state index contributed by atoms with van der Waals surface area (Å²) < 4.78 is 5.21. The number of hydrogen-bond acceptors (Lipinski definition) is 4. The number of amides is 1. The monoisotopic (exact) mass is 391 g/mol. The number of ether oxygens (including phenoxy) is 1. The fourth-order valence-corrected chi connectivity index (χ4v) is 3.98. The van der Waals surface area contributed by atoms with E-state index in [9.17, 15) is 9.59 Å². The summed E-state index contributed by atoms with van der Waals surface area (Å²) in [6.45, 7) is 6.58. The maximum absolute atomic E-state index is 13.0. The van der Waals surface area contributed by atoms with Gasteiger partial charge in [-0.05, 0) is 61.2 Å². The highest BCUT2D eigenvalue weighted by molar-refractivity contribution is 5.97. The minimum Gasteiger partial charge on any atom is -0.497 e. The first-order valence-corrected chi connectivity index (χ1v) is 9.79. The summed E-state index contributed by atoms with van der Waals surface area (Å²) in [7, 11) is 1.65. The number of methoxy groups -OCH3 is 1. The first-order chi connectivity index (χ1) is 14.0. The van der Waals surface area contributed by atoms with Gasteiger partial charge in [0.2, 0.25) is 0 Å². The van der Waals surface area contributed by atoms with Crippen LogP contribution in [0.3, 0.4) is 0 Å². The Morgan fingerprint density at radius 2 is 1.69 bits per heavy atom. The van der Waals surface area contributed by atoms with E-state index >= 15 is 0 Å². The van der Waals surface area contributed by atoms with E-state index < -0.39 is 0 Å². The number of piperazine rings is 1. The molecule has 6 heteroatoms. The molecule has 0 radical (unpaired) electrons. The number of nitrogens with one attached hydrogen (secondary N) is 1. The third-order valence-electron chi connectivity index (χ3n) is 5.53. The van der Waals surface area contributed by atoms with Crippen LogP contribution in [0.25, 0.3) is 10.9 Å². The standard InChI is InChI=1S/C23H25N3O3/c1-15-12-16(2)21-17(13-15)14-20(22(27)24-21)23(28)26-10-8-25(9-11-26)18-4-6-19(29-3)7-5-18/h4-7,12-14H,8-11H2,1-3H3,(H,24,27). The number of pyridine rings is 1. The van der Waals surface area contributed by atoms with Crippen molar-refractivity contribution < 1.29 is 9.53 Å². The molecule has 1 N–H and O–H groups in total. The lowest BCUT2D eigenvalue weighted by molar-refractivity contribution is 0.0745. The molecule has 0 aliphatic carbocycles. The highest BCUT2D eigenvalue weighted by atomic mass is 16.5. The summed E-state index contributed by atoms with van der Waals surface area (Å²) >= 11 is 0. The molecule has 29 heavy (non-hydrogen) atoms. The minimum atomic E-state index is -0.327. The third kappa shape index (κ3) is 3.70. The molecule has 3 aromatic rings. The SMILES string of the molecule is COc1ccc(N2CCN(C(=O)c3cc4cc(C)cc(C)c4[nH]c3=O)CC2)cc1. The number of benzene rings is 2. The van der Waals surface area contributed by atoms with Gasteiger partial charge in [-0.3, -0.25) is 9.59 Å². The Balaban J connectivity index is 1.52. The summed E-state index contributed by atoms with van der Waals surface area (Å²) in [5, 5.41) is 0.891. The first-order valence-electron chi connectivity index (χ1n) is 9.79. The molecule has 1 saturated heterocycles. The van der Waals surface area contributed by atoms with Crippen molar-refractivity contribution in [3.63, 3.8) is 0 Å². The van der Waals surface area contributed by atoms with Crippen molar-refractivity contribution in [2.45, 2.75) is 13.8 Å². The number of carbonyl (C=O) groups excluding carboxylic acids is 1. The molecule has 1 amide bonds. The number of aromatic amines is 1. The van der Waals surface area contributed by atoms with E-state index in [1.807, 2.05) is 50.2 Å². The molecule has 1 aromatic heterocycles. The molecule has 2 aromatic carbocycles. The zero-order chi connectivity index (χ0) is 20.5. The molecule has 4 rings (SSSR count). The molecule has 0 saturated carbocycles. The molecule has 150 valence electrons. The van der Waals surface area contributed by atoms with Crippen molar-refractivity contribution in [3.05, 3.63) is 69.5 Å². The lowest BCUT2D eigenvalue weighted by atomic mass is 10.0. The van der Waals surface area contributed by atoms with Crippen LogP contribution >= 0.6 is 0 Å². The van der Waals surface area contributed by atoms with E-state index in [2.05, 4.69) is 9.88 Å². The van der Waals surface area contributed by atoms with Gasteiger partial charge in [0.1, 0.15) is 11.3 Å². The van der Waals surface area contributed by atoms with Crippen LogP contribution in [-0.2, 0) is 0 Å². The number of rotatable bonds is 3. The van der Waals surface area contributed by atoms with Crippen LogP contribution in [0, 0.1) is 13.8 Å². The largest absolute Gasteiger partial charge is 0.497 e. The highest BCUT2D eigenvalue weighted by Crippen LogP contribution is 2.22. The topological polar surface area (TPSA) is 65.6 Å². The lowest BCUT2D eigenvalue weighted by Gasteiger charge is -2.36. The summed E-state index contributed by atoms with van der Waals surface area (Å²) in [6, 6.07) is 13.7. The number of anilines is 1. The van der Waals surface area contributed by atoms with Crippen molar-refractivity contribution in [1.29, 1.82) is 0 Å². The van der Waals surface area contributed by atoms with Crippen molar-refractivity contribution in [1.82, 2.24) is 9.88 Å². The second-order valence-electron chi connectivity index (χ2n) is 7.54. The number of hydrogen-bond donors (Lipinski definition) is 1. The molecular formula is C23H25N3O3. The number of carbonyl (C=O) groups is 1. The Morgan fingerprint density at radius 1 is 1.00 bits per heavy atom. The van der Waals surface area contributed by atoms with Crippen molar-refractivity contribution in [3.8, 4) is 5.75 Å². The molecule has 6 nitrogen and oxygen atoms in total. The number of aryl methyl sites for hydroxylation is 2. The van der Waals surface area contributed by atoms with Crippen LogP contribution in [0.4, 0.5) is 5.69 Å². The Labute approximate surface area is 169 Å². The summed E-state index contributed by atoms with van der Waals surface area (Å²) in [5.41, 5.74) is 3.89. The first kappa shape index (κ1) is 19.1. The zero-order valence-electron chi connectivity index (χ0n) is 17.0. The predicted octanol–water partition coefficient (Wildman–Crippen LogP) is 3.12. The summed E-state index contributed by atoms with van der Waals surface area (Å²) in [5.74, 6) is 0.616. The zero-order valence-corrected chi connectivity index (χ0v) is 17.0. The van der Waals surface area contributed by atoms with Crippen LogP contribution in [0.1, 0.15) is 21.5 Å². The van der Waals surface area contributed by atoms with Gasteiger partial charge in [-0.1, -0.05) is 11.6 Å². The number of nitrogens with zero attached hydrogens (tertiary/aromatic N) is 2. The van der Waals surface area contributed by atoms with Gasteiger partial charge in [-0.25, -0.2) is 0 Å². The van der Waals surface area contributed by atoms with Crippen molar-refractivity contribution >= 4 is 22.5 Å². The van der Waals surface area contributed by atoms with Crippen LogP contribution in [0.5, 0.6) is 5.75 Å². The van der Waals surface area contributed by atoms with E-state index in [1.165, 1.54) is 0 Å². The number of fused-ring (bicyclic) bond motifs is 1. The van der Waals surface area contributed by atoms with Gasteiger partial charge in [0, 0.05) is 31.9 Å². The van der Waals surface area contributed by atoms with Gasteiger partial charge >= 0.3 is 0 Å². The molecule has 0 atom stereocenters. The van der Waals surface area contributed by atoms with E-state index in [0.717, 1.165) is 46.6 Å². The van der Waals surface area contributed by atoms with Gasteiger partial charge in [-0.2, -0.15) is 0 Å². The van der Waals surface area contributed by atoms with Gasteiger partial charge in [0.05, 0.1) is 12.6 Å². The Bertz CT molecular complexity index is 1110. The average Bonchev–Trinajstić information content (AvgIpc) is 2.73. The van der Waals surface area contributed by atoms with E-state index in [1.54, 1.807) is 18.1 Å². The quantitative estimate of drug-likeness (QED) is 0.745. The summed E-state index contributed by atoms with van der Waals surface area (Å²) in [6.07, 6.45) is 0. The number of H-pyrrole nitrogens is 1. The predicted molar refractivity (Wildman–Crippen MR) is 115 cm³/mol. The van der Waals surface area contributed by atoms with Crippen LogP contribution < -0.4 is 15.2 Å². The fraction of sp³-hybridized carbons (Fsp3) is 0.304. The van der Waals surface area contributed by atoms with E-state index in [-0.39, 0.29) is 17.0 Å². The van der Waals surface area contributed by atoms with Crippen LogP contribution in [-0.4, -0.2) is 49.1 Å². The Kier molecular flexibility index (Phi) is 5.01. The van der Waals surface area contributed by atoms with Gasteiger partial charge < -0.3 is 19.5 Å². The lowest BCUT2D eigenvalue weighted by Crippen LogP contribution is -2.49. The molecule has 2 heterocycles. The maximum atomic E-state index is 13.0. The average molecular weight is 391 g/mol. The molecule has 0 spiro atoms. The van der Waals surface area contributed by atoms with E-state index in [0.29, 0.717) is 13.1 Å². The fourth-order valence-electron chi connectivity index (χ4n) is 3.98. The minimum absolute atomic E-state index is 0.207. The highest BCUT2D eigenvalue weighted by Gasteiger charge is 2.24. The van der Waals surface area contributed by atoms with Crippen molar-refractivity contribution in [2.24, 2.45) is 0 Å². The molecule has 0 unspecified atom stereocenters. The van der Waals surface area contributed by atoms with Gasteiger partial charge in [-0.15, -0.1) is 0 Å². The molecule has 1 fully saturated rings. The third-order valence-corrected chi connectivity index (χ3v) is 5.53. The Hall–Kier alpha value is -3.28. The van der Waals surface area contributed by atoms with Crippen LogP contribution in [0.2, 0.25) is 0 Å². The molecule has 0 bridgehead atoms. The second kappa shape index (κ2) is 7.62. The van der Waals surface area contributed by atoms with Gasteiger partial charge in [0.25, 0.3) is 11.5 Å². The van der Waals surface area contributed by atoms with Gasteiger partial charge in [0.15, 0.2) is 0 Å². The second-order valence-corrected chi connectivity index (χ2v) is 7.54. The molecule has 1 aliphatic rings. The smallest absolute Gasteiger partial charge is 0.261 e. The molecular weight excluding hydrogens is 366 g/mol. The summed E-state index contributed by atoms with van der Waals surface area (Å²) in [4.78, 5) is 32.5. The van der Waals surface area contributed by atoms with E-state index in [4.69, 9.17) is 4.74 Å². The number of aromatic nitrogens is 1. The normalized spacial score (nSPS) is 14.3.